The van der Waals surface area contributed by atoms with Crippen LogP contribution in [0, 0.1) is 13.8 Å². The Morgan fingerprint density at radius 1 is 1.28 bits per heavy atom. The summed E-state index contributed by atoms with van der Waals surface area (Å²) < 4.78 is 1.95. The zero-order valence-corrected chi connectivity index (χ0v) is 11.9. The first kappa shape index (κ1) is 13.2. The Morgan fingerprint density at radius 3 is 2.61 bits per heavy atom. The summed E-state index contributed by atoms with van der Waals surface area (Å²) in [6, 6.07) is 10.7. The highest BCUT2D eigenvalue weighted by Gasteiger charge is 2.14. The number of hydrogen-bond donors (Lipinski definition) is 0. The molecule has 18 heavy (non-hydrogen) atoms. The van der Waals surface area contributed by atoms with Crippen molar-refractivity contribution in [3.05, 3.63) is 52.8 Å². The zero-order valence-electron chi connectivity index (χ0n) is 11.2. The Morgan fingerprint density at radius 2 is 2.06 bits per heavy atom. The third kappa shape index (κ3) is 2.94. The summed E-state index contributed by atoms with van der Waals surface area (Å²) in [5.74, 6) is 0.981. The van der Waals surface area contributed by atoms with Gasteiger partial charge in [0.25, 0.3) is 0 Å². The molecule has 0 spiro atoms. The van der Waals surface area contributed by atoms with Gasteiger partial charge < -0.3 is 0 Å². The van der Waals surface area contributed by atoms with Crippen LogP contribution in [0.4, 0.5) is 0 Å². The van der Waals surface area contributed by atoms with Gasteiger partial charge in [-0.2, -0.15) is 5.10 Å². The number of nitrogens with zero attached hydrogens (tertiary/aromatic N) is 2. The van der Waals surface area contributed by atoms with Crippen molar-refractivity contribution < 1.29 is 0 Å². The van der Waals surface area contributed by atoms with Crippen LogP contribution < -0.4 is 0 Å². The molecule has 1 aromatic heterocycles. The second-order valence-corrected chi connectivity index (χ2v) is 5.18. The van der Waals surface area contributed by atoms with Gasteiger partial charge in [0.2, 0.25) is 0 Å². The van der Waals surface area contributed by atoms with Crippen LogP contribution >= 0.6 is 11.6 Å². The lowest BCUT2D eigenvalue weighted by Gasteiger charge is -2.15. The first-order valence-electron chi connectivity index (χ1n) is 6.22. The van der Waals surface area contributed by atoms with Crippen molar-refractivity contribution in [1.29, 1.82) is 0 Å². The van der Waals surface area contributed by atoms with Crippen molar-refractivity contribution in [2.75, 3.05) is 5.88 Å². The van der Waals surface area contributed by atoms with Crippen LogP contribution in [0.5, 0.6) is 0 Å². The molecule has 0 aliphatic rings. The maximum Gasteiger partial charge on any atom is 0.0596 e. The van der Waals surface area contributed by atoms with Gasteiger partial charge in [-0.05, 0) is 31.9 Å². The van der Waals surface area contributed by atoms with E-state index in [2.05, 4.69) is 42.4 Å². The van der Waals surface area contributed by atoms with Gasteiger partial charge in [0.05, 0.1) is 5.69 Å². The predicted molar refractivity (Wildman–Crippen MR) is 76.3 cm³/mol. The van der Waals surface area contributed by atoms with Gasteiger partial charge in [0.15, 0.2) is 0 Å². The highest BCUT2D eigenvalue weighted by atomic mass is 35.5. The molecule has 0 amide bonds. The molecule has 0 aliphatic carbocycles. The maximum atomic E-state index is 6.13. The topological polar surface area (TPSA) is 17.8 Å². The smallest absolute Gasteiger partial charge is 0.0596 e. The summed E-state index contributed by atoms with van der Waals surface area (Å²) in [6.07, 6.45) is 0.935. The van der Waals surface area contributed by atoms with E-state index in [1.54, 1.807) is 0 Å². The van der Waals surface area contributed by atoms with Crippen LogP contribution in [0.15, 0.2) is 30.3 Å². The number of halogens is 1. The van der Waals surface area contributed by atoms with E-state index in [1.807, 2.05) is 18.7 Å². The molecule has 1 atom stereocenters. The minimum Gasteiger partial charge on any atom is -0.272 e. The molecule has 0 saturated heterocycles. The minimum absolute atomic E-state index is 0.348. The highest BCUT2D eigenvalue weighted by Crippen LogP contribution is 2.23. The fraction of sp³-hybridized carbons (Fsp3) is 0.400. The number of hydrogen-bond acceptors (Lipinski definition) is 1. The summed E-state index contributed by atoms with van der Waals surface area (Å²) >= 11 is 6.13. The number of aryl methyl sites for hydroxylation is 3. The third-order valence-electron chi connectivity index (χ3n) is 3.25. The standard InChI is InChI=1S/C15H19ClN2/c1-11-5-4-6-13(7-11)14(10-16)9-15-8-12(2)17-18(15)3/h4-8,14H,9-10H2,1-3H3. The summed E-state index contributed by atoms with van der Waals surface area (Å²) in [5, 5.41) is 4.38. The van der Waals surface area contributed by atoms with Crippen LogP contribution in [0.3, 0.4) is 0 Å². The quantitative estimate of drug-likeness (QED) is 0.770. The summed E-state index contributed by atoms with van der Waals surface area (Å²) in [7, 11) is 1.99. The third-order valence-corrected chi connectivity index (χ3v) is 3.63. The van der Waals surface area contributed by atoms with Gasteiger partial charge in [-0.3, -0.25) is 4.68 Å². The molecule has 2 aromatic rings. The second-order valence-electron chi connectivity index (χ2n) is 4.87. The van der Waals surface area contributed by atoms with E-state index in [1.165, 1.54) is 16.8 Å². The lowest BCUT2D eigenvalue weighted by atomic mass is 9.94. The first-order chi connectivity index (χ1) is 8.60. The molecule has 2 nitrogen and oxygen atoms in total. The van der Waals surface area contributed by atoms with Crippen LogP contribution in [0.25, 0.3) is 0 Å². The summed E-state index contributed by atoms with van der Waals surface area (Å²) in [6.45, 7) is 4.13. The van der Waals surface area contributed by atoms with Crippen molar-refractivity contribution in [1.82, 2.24) is 9.78 Å². The molecule has 0 bridgehead atoms. The first-order valence-corrected chi connectivity index (χ1v) is 6.75. The largest absolute Gasteiger partial charge is 0.272 e. The van der Waals surface area contributed by atoms with Crippen molar-refractivity contribution in [2.24, 2.45) is 7.05 Å². The SMILES string of the molecule is Cc1cccc(C(CCl)Cc2cc(C)nn2C)c1. The normalized spacial score (nSPS) is 12.7. The van der Waals surface area contributed by atoms with E-state index in [9.17, 15) is 0 Å². The number of aromatic nitrogens is 2. The van der Waals surface area contributed by atoms with Gasteiger partial charge in [-0.25, -0.2) is 0 Å². The monoisotopic (exact) mass is 262 g/mol. The maximum absolute atomic E-state index is 6.13. The Labute approximate surface area is 114 Å². The zero-order chi connectivity index (χ0) is 13.1. The minimum atomic E-state index is 0.348. The number of rotatable bonds is 4. The lowest BCUT2D eigenvalue weighted by molar-refractivity contribution is 0.657. The number of benzene rings is 1. The molecule has 0 aliphatic heterocycles. The predicted octanol–water partition coefficient (Wildman–Crippen LogP) is 3.60. The van der Waals surface area contributed by atoms with Gasteiger partial charge in [0.1, 0.15) is 0 Å². The second kappa shape index (κ2) is 5.57. The molecule has 0 radical (unpaired) electrons. The average molecular weight is 263 g/mol. The Hall–Kier alpha value is -1.28. The Balaban J connectivity index is 2.22. The Bertz CT molecular complexity index is 531. The van der Waals surface area contributed by atoms with E-state index in [0.29, 0.717) is 11.8 Å². The van der Waals surface area contributed by atoms with Crippen molar-refractivity contribution in [3.63, 3.8) is 0 Å². The van der Waals surface area contributed by atoms with Gasteiger partial charge in [-0.15, -0.1) is 11.6 Å². The van der Waals surface area contributed by atoms with Crippen LogP contribution in [0.1, 0.15) is 28.4 Å². The lowest BCUT2D eigenvalue weighted by Crippen LogP contribution is -2.08. The van der Waals surface area contributed by atoms with Crippen LogP contribution in [-0.4, -0.2) is 15.7 Å². The van der Waals surface area contributed by atoms with Crippen molar-refractivity contribution in [2.45, 2.75) is 26.2 Å². The van der Waals surface area contributed by atoms with E-state index in [4.69, 9.17) is 11.6 Å². The van der Waals surface area contributed by atoms with Gasteiger partial charge >= 0.3 is 0 Å². The van der Waals surface area contributed by atoms with Gasteiger partial charge in [0, 0.05) is 24.5 Å². The summed E-state index contributed by atoms with van der Waals surface area (Å²) in [5.41, 5.74) is 4.89. The molecular weight excluding hydrogens is 244 g/mol. The molecule has 1 aromatic carbocycles. The average Bonchev–Trinajstić information content (AvgIpc) is 2.64. The van der Waals surface area contributed by atoms with Crippen molar-refractivity contribution >= 4 is 11.6 Å². The molecule has 1 heterocycles. The molecule has 0 saturated carbocycles. The van der Waals surface area contributed by atoms with Gasteiger partial charge in [-0.1, -0.05) is 29.8 Å². The summed E-state index contributed by atoms with van der Waals surface area (Å²) in [4.78, 5) is 0. The van der Waals surface area contributed by atoms with Crippen molar-refractivity contribution in [3.8, 4) is 0 Å². The highest BCUT2D eigenvalue weighted by molar-refractivity contribution is 6.18. The molecule has 0 fully saturated rings. The number of alkyl halides is 1. The Kier molecular flexibility index (Phi) is 4.07. The fourth-order valence-corrected chi connectivity index (χ4v) is 2.58. The molecule has 3 heteroatoms. The van der Waals surface area contributed by atoms with Crippen LogP contribution in [0.2, 0.25) is 0 Å². The molecule has 1 unspecified atom stereocenters. The van der Waals surface area contributed by atoms with E-state index in [-0.39, 0.29) is 0 Å². The van der Waals surface area contributed by atoms with Crippen LogP contribution in [-0.2, 0) is 13.5 Å². The molecular formula is C15H19ClN2. The fourth-order valence-electron chi connectivity index (χ4n) is 2.29. The van der Waals surface area contributed by atoms with E-state index in [0.717, 1.165) is 12.1 Å². The van der Waals surface area contributed by atoms with E-state index >= 15 is 0 Å². The van der Waals surface area contributed by atoms with E-state index < -0.39 is 0 Å². The molecule has 96 valence electrons. The molecule has 2 rings (SSSR count). The molecule has 0 N–H and O–H groups in total.